The van der Waals surface area contributed by atoms with E-state index < -0.39 is 0 Å². The number of piperidine rings is 1. The molecule has 0 bridgehead atoms. The fraction of sp³-hybridized carbons (Fsp3) is 0.864. The first kappa shape index (κ1) is 19.7. The van der Waals surface area contributed by atoms with Gasteiger partial charge in [0, 0.05) is 44.6 Å². The fourth-order valence-corrected chi connectivity index (χ4v) is 5.24. The van der Waals surface area contributed by atoms with Gasteiger partial charge < -0.3 is 14.7 Å². The molecule has 2 aliphatic heterocycles. The monoisotopic (exact) mass is 389 g/mol. The molecular formula is C22H35N3O3. The van der Waals surface area contributed by atoms with Crippen LogP contribution in [-0.2, 0) is 14.4 Å². The van der Waals surface area contributed by atoms with Gasteiger partial charge in [0.2, 0.25) is 17.7 Å². The summed E-state index contributed by atoms with van der Waals surface area (Å²) < 4.78 is 0. The van der Waals surface area contributed by atoms with E-state index in [0.717, 1.165) is 38.6 Å². The van der Waals surface area contributed by atoms with Crippen molar-refractivity contribution in [1.82, 2.24) is 14.7 Å². The van der Waals surface area contributed by atoms with Gasteiger partial charge in [0.05, 0.1) is 6.54 Å². The lowest BCUT2D eigenvalue weighted by atomic mass is 9.82. The van der Waals surface area contributed by atoms with Crippen molar-refractivity contribution in [1.29, 1.82) is 0 Å². The van der Waals surface area contributed by atoms with Crippen molar-refractivity contribution in [2.45, 2.75) is 70.8 Å². The number of piperazine rings is 1. The highest BCUT2D eigenvalue weighted by Crippen LogP contribution is 2.43. The highest BCUT2D eigenvalue weighted by molar-refractivity contribution is 5.88. The average Bonchev–Trinajstić information content (AvgIpc) is 3.43. The molecule has 2 saturated carbocycles. The van der Waals surface area contributed by atoms with Gasteiger partial charge in [-0.3, -0.25) is 14.4 Å². The zero-order chi connectivity index (χ0) is 19.7. The van der Waals surface area contributed by atoms with Gasteiger partial charge in [0.1, 0.15) is 0 Å². The Morgan fingerprint density at radius 1 is 1.04 bits per heavy atom. The molecule has 0 spiro atoms. The molecule has 0 radical (unpaired) electrons. The molecule has 4 rings (SSSR count). The first-order chi connectivity index (χ1) is 13.6. The Kier molecular flexibility index (Phi) is 5.93. The van der Waals surface area contributed by atoms with Crippen LogP contribution in [0.5, 0.6) is 0 Å². The average molecular weight is 390 g/mol. The molecule has 0 aromatic carbocycles. The molecule has 28 heavy (non-hydrogen) atoms. The molecule has 156 valence electrons. The second-order valence-corrected chi connectivity index (χ2v) is 9.37. The molecule has 1 unspecified atom stereocenters. The first-order valence-electron chi connectivity index (χ1n) is 11.4. The highest BCUT2D eigenvalue weighted by Gasteiger charge is 2.45. The number of hydrogen-bond acceptors (Lipinski definition) is 3. The van der Waals surface area contributed by atoms with Crippen LogP contribution in [0.2, 0.25) is 0 Å². The zero-order valence-corrected chi connectivity index (χ0v) is 17.3. The summed E-state index contributed by atoms with van der Waals surface area (Å²) in [5.41, 5.74) is 0. The van der Waals surface area contributed by atoms with E-state index in [1.807, 2.05) is 9.80 Å². The maximum Gasteiger partial charge on any atom is 0.242 e. The summed E-state index contributed by atoms with van der Waals surface area (Å²) in [6.45, 7) is 5.15. The Morgan fingerprint density at radius 3 is 2.54 bits per heavy atom. The van der Waals surface area contributed by atoms with Gasteiger partial charge in [-0.2, -0.15) is 0 Å². The van der Waals surface area contributed by atoms with Crippen molar-refractivity contribution in [3.05, 3.63) is 0 Å². The SMILES string of the molecule is CCC[C@@H]1C[C@H]1C(=O)N1CCN(C2CCCN(C(=O)CC3CCC3)C2)C(=O)C1. The van der Waals surface area contributed by atoms with Gasteiger partial charge in [-0.1, -0.05) is 19.8 Å². The fourth-order valence-electron chi connectivity index (χ4n) is 5.24. The van der Waals surface area contributed by atoms with Crippen LogP contribution in [0.1, 0.15) is 64.7 Å². The summed E-state index contributed by atoms with van der Waals surface area (Å²) in [4.78, 5) is 43.7. The maximum absolute atomic E-state index is 12.8. The number of carbonyl (C=O) groups excluding carboxylic acids is 3. The van der Waals surface area contributed by atoms with E-state index in [9.17, 15) is 14.4 Å². The van der Waals surface area contributed by atoms with Gasteiger partial charge in [0.15, 0.2) is 0 Å². The van der Waals surface area contributed by atoms with E-state index in [1.165, 1.54) is 19.3 Å². The molecule has 2 saturated heterocycles. The minimum atomic E-state index is 0.0607. The molecule has 3 atom stereocenters. The van der Waals surface area contributed by atoms with Crippen LogP contribution >= 0.6 is 0 Å². The third-order valence-corrected chi connectivity index (χ3v) is 7.35. The summed E-state index contributed by atoms with van der Waals surface area (Å²) in [7, 11) is 0. The smallest absolute Gasteiger partial charge is 0.242 e. The van der Waals surface area contributed by atoms with Gasteiger partial charge in [-0.15, -0.1) is 0 Å². The Morgan fingerprint density at radius 2 is 1.86 bits per heavy atom. The van der Waals surface area contributed by atoms with Gasteiger partial charge in [-0.05, 0) is 50.4 Å². The summed E-state index contributed by atoms with van der Waals surface area (Å²) in [6.07, 6.45) is 9.51. The highest BCUT2D eigenvalue weighted by atomic mass is 16.2. The predicted molar refractivity (Wildman–Crippen MR) is 106 cm³/mol. The van der Waals surface area contributed by atoms with E-state index in [-0.39, 0.29) is 36.2 Å². The molecular weight excluding hydrogens is 354 g/mol. The Balaban J connectivity index is 1.27. The van der Waals surface area contributed by atoms with Crippen LogP contribution in [0, 0.1) is 17.8 Å². The third-order valence-electron chi connectivity index (χ3n) is 7.35. The van der Waals surface area contributed by atoms with E-state index in [4.69, 9.17) is 0 Å². The largest absolute Gasteiger partial charge is 0.341 e. The number of carbonyl (C=O) groups is 3. The van der Waals surface area contributed by atoms with E-state index in [2.05, 4.69) is 6.92 Å². The van der Waals surface area contributed by atoms with Crippen LogP contribution in [0.25, 0.3) is 0 Å². The van der Waals surface area contributed by atoms with Crippen LogP contribution < -0.4 is 0 Å². The second kappa shape index (κ2) is 8.42. The standard InChI is InChI=1S/C22H35N3O3/c1-2-5-17-13-19(17)22(28)24-10-11-25(21(27)15-24)18-8-4-9-23(14-18)20(26)12-16-6-3-7-16/h16-19H,2-15H2,1H3/t17-,18?,19-/m1/s1. The number of hydrogen-bond donors (Lipinski definition) is 0. The van der Waals surface area contributed by atoms with Crippen molar-refractivity contribution < 1.29 is 14.4 Å². The van der Waals surface area contributed by atoms with E-state index in [1.54, 1.807) is 4.90 Å². The van der Waals surface area contributed by atoms with Crippen LogP contribution in [0.4, 0.5) is 0 Å². The normalized spacial score (nSPS) is 31.0. The summed E-state index contributed by atoms with van der Waals surface area (Å²) in [6, 6.07) is 0.123. The summed E-state index contributed by atoms with van der Waals surface area (Å²) in [5, 5.41) is 0. The lowest BCUT2D eigenvalue weighted by molar-refractivity contribution is -0.150. The number of nitrogens with zero attached hydrogens (tertiary/aromatic N) is 3. The molecule has 6 nitrogen and oxygen atoms in total. The molecule has 6 heteroatoms. The van der Waals surface area contributed by atoms with Crippen molar-refractivity contribution in [3.8, 4) is 0 Å². The Hall–Kier alpha value is -1.59. The van der Waals surface area contributed by atoms with E-state index in [0.29, 0.717) is 37.9 Å². The maximum atomic E-state index is 12.8. The van der Waals surface area contributed by atoms with Gasteiger partial charge in [-0.25, -0.2) is 0 Å². The molecule has 4 fully saturated rings. The first-order valence-corrected chi connectivity index (χ1v) is 11.4. The number of rotatable bonds is 6. The molecule has 2 aliphatic carbocycles. The van der Waals surface area contributed by atoms with Crippen molar-refractivity contribution in [2.75, 3.05) is 32.7 Å². The minimum absolute atomic E-state index is 0.0607. The van der Waals surface area contributed by atoms with Gasteiger partial charge >= 0.3 is 0 Å². The number of likely N-dealkylation sites (tertiary alicyclic amines) is 1. The quantitative estimate of drug-likeness (QED) is 0.700. The molecule has 4 aliphatic rings. The van der Waals surface area contributed by atoms with Gasteiger partial charge in [0.25, 0.3) is 0 Å². The zero-order valence-electron chi connectivity index (χ0n) is 17.3. The Labute approximate surface area is 168 Å². The topological polar surface area (TPSA) is 60.9 Å². The predicted octanol–water partition coefficient (Wildman–Crippen LogP) is 2.27. The van der Waals surface area contributed by atoms with Crippen LogP contribution in [0.3, 0.4) is 0 Å². The summed E-state index contributed by atoms with van der Waals surface area (Å²) >= 11 is 0. The summed E-state index contributed by atoms with van der Waals surface area (Å²) in [5.74, 6) is 1.81. The van der Waals surface area contributed by atoms with Crippen molar-refractivity contribution >= 4 is 17.7 Å². The minimum Gasteiger partial charge on any atom is -0.341 e. The van der Waals surface area contributed by atoms with Crippen LogP contribution in [0.15, 0.2) is 0 Å². The molecule has 0 N–H and O–H groups in total. The Bertz CT molecular complexity index is 618. The molecule has 2 heterocycles. The second-order valence-electron chi connectivity index (χ2n) is 9.37. The molecule has 3 amide bonds. The molecule has 0 aromatic heterocycles. The number of amides is 3. The molecule has 0 aromatic rings. The van der Waals surface area contributed by atoms with Crippen molar-refractivity contribution in [3.63, 3.8) is 0 Å². The lowest BCUT2D eigenvalue weighted by Crippen LogP contribution is -2.59. The third kappa shape index (κ3) is 4.20. The van der Waals surface area contributed by atoms with Crippen molar-refractivity contribution in [2.24, 2.45) is 17.8 Å². The lowest BCUT2D eigenvalue weighted by Gasteiger charge is -2.43. The van der Waals surface area contributed by atoms with Crippen LogP contribution in [-0.4, -0.2) is 71.2 Å². The van der Waals surface area contributed by atoms with E-state index >= 15 is 0 Å².